The third kappa shape index (κ3) is 3.09. The Bertz CT molecular complexity index is 397. The first-order valence-electron chi connectivity index (χ1n) is 5.92. The average molecular weight is 317 g/mol. The summed E-state index contributed by atoms with van der Waals surface area (Å²) in [6.07, 6.45) is 3.55. The molecule has 0 spiro atoms. The summed E-state index contributed by atoms with van der Waals surface area (Å²) in [5.41, 5.74) is 3.03. The van der Waals surface area contributed by atoms with Crippen LogP contribution >= 0.6 is 27.3 Å². The molecule has 1 amide bonds. The molecule has 17 heavy (non-hydrogen) atoms. The van der Waals surface area contributed by atoms with E-state index in [1.54, 1.807) is 0 Å². The molecule has 0 aliphatic carbocycles. The van der Waals surface area contributed by atoms with Crippen molar-refractivity contribution < 1.29 is 4.79 Å². The lowest BCUT2D eigenvalue weighted by Gasteiger charge is -2.38. The quantitative estimate of drug-likeness (QED) is 0.906. The summed E-state index contributed by atoms with van der Waals surface area (Å²) in [4.78, 5) is 12.8. The molecule has 1 saturated heterocycles. The number of amides is 1. The summed E-state index contributed by atoms with van der Waals surface area (Å²) in [6, 6.07) is 4.60. The van der Waals surface area contributed by atoms with Crippen molar-refractivity contribution in [2.24, 2.45) is 0 Å². The molecule has 2 rings (SSSR count). The van der Waals surface area contributed by atoms with Gasteiger partial charge < -0.3 is 0 Å². The molecule has 1 aromatic heterocycles. The molecule has 1 N–H and O–H groups in total. The van der Waals surface area contributed by atoms with Gasteiger partial charge in [0, 0.05) is 12.1 Å². The number of carbonyl (C=O) groups is 1. The number of hydrogen-bond acceptors (Lipinski definition) is 3. The van der Waals surface area contributed by atoms with Gasteiger partial charge in [0.05, 0.1) is 8.66 Å². The first kappa shape index (κ1) is 13.1. The fraction of sp³-hybridized carbons (Fsp3) is 0.583. The molecule has 3 nitrogen and oxygen atoms in total. The lowest BCUT2D eigenvalue weighted by atomic mass is 10.00. The van der Waals surface area contributed by atoms with Crippen molar-refractivity contribution in [2.45, 2.75) is 45.2 Å². The van der Waals surface area contributed by atoms with E-state index in [0.717, 1.165) is 21.5 Å². The Labute approximate surface area is 114 Å². The Balaban J connectivity index is 2.02. The summed E-state index contributed by atoms with van der Waals surface area (Å²) in [7, 11) is 0. The highest BCUT2D eigenvalue weighted by Gasteiger charge is 2.26. The summed E-state index contributed by atoms with van der Waals surface area (Å²) in [5.74, 6) is 0.00120. The van der Waals surface area contributed by atoms with Crippen LogP contribution in [0.1, 0.15) is 42.8 Å². The fourth-order valence-corrected chi connectivity index (χ4v) is 3.53. The molecule has 1 aliphatic rings. The lowest BCUT2D eigenvalue weighted by molar-refractivity contribution is 0.0373. The van der Waals surface area contributed by atoms with E-state index in [-0.39, 0.29) is 5.91 Å². The van der Waals surface area contributed by atoms with Crippen molar-refractivity contribution in [1.82, 2.24) is 10.4 Å². The number of hydrazine groups is 1. The Morgan fingerprint density at radius 1 is 1.41 bits per heavy atom. The Hall–Kier alpha value is -0.390. The molecule has 0 saturated carbocycles. The number of hydrogen-bond donors (Lipinski definition) is 1. The van der Waals surface area contributed by atoms with Gasteiger partial charge in [-0.05, 0) is 54.8 Å². The van der Waals surface area contributed by atoms with Gasteiger partial charge in [-0.25, -0.2) is 5.01 Å². The number of nitrogens with zero attached hydrogens (tertiary/aromatic N) is 1. The number of nitrogens with one attached hydrogen (secondary N) is 1. The average Bonchev–Trinajstić information content (AvgIpc) is 2.70. The molecule has 2 atom stereocenters. The Morgan fingerprint density at radius 3 is 2.59 bits per heavy atom. The summed E-state index contributed by atoms with van der Waals surface area (Å²) < 4.78 is 0.988. The minimum atomic E-state index is 0.00120. The van der Waals surface area contributed by atoms with Crippen molar-refractivity contribution in [3.63, 3.8) is 0 Å². The van der Waals surface area contributed by atoms with E-state index in [9.17, 15) is 4.79 Å². The van der Waals surface area contributed by atoms with Crippen LogP contribution in [-0.2, 0) is 0 Å². The molecule has 2 unspecified atom stereocenters. The predicted molar refractivity (Wildman–Crippen MR) is 74.1 cm³/mol. The standard InChI is InChI=1S/C12H17BrN2OS/c1-8-4-3-5-9(2)15(8)14-12(16)10-6-7-11(13)17-10/h6-9H,3-5H2,1-2H3,(H,14,16). The first-order valence-corrected chi connectivity index (χ1v) is 7.53. The molecular formula is C12H17BrN2OS. The van der Waals surface area contributed by atoms with Crippen molar-refractivity contribution in [1.29, 1.82) is 0 Å². The second-order valence-electron chi connectivity index (χ2n) is 4.58. The van der Waals surface area contributed by atoms with Gasteiger partial charge in [-0.1, -0.05) is 6.42 Å². The number of thiophene rings is 1. The number of rotatable bonds is 2. The lowest BCUT2D eigenvalue weighted by Crippen LogP contribution is -2.53. The molecular weight excluding hydrogens is 300 g/mol. The number of piperidine rings is 1. The minimum Gasteiger partial charge on any atom is -0.284 e. The van der Waals surface area contributed by atoms with Gasteiger partial charge >= 0.3 is 0 Å². The van der Waals surface area contributed by atoms with E-state index in [1.807, 2.05) is 12.1 Å². The van der Waals surface area contributed by atoms with Gasteiger partial charge in [-0.2, -0.15) is 0 Å². The fourth-order valence-electron chi connectivity index (χ4n) is 2.25. The highest BCUT2D eigenvalue weighted by Crippen LogP contribution is 2.24. The molecule has 1 fully saturated rings. The van der Waals surface area contributed by atoms with Crippen molar-refractivity contribution in [2.75, 3.05) is 0 Å². The van der Waals surface area contributed by atoms with Gasteiger partial charge in [0.1, 0.15) is 0 Å². The van der Waals surface area contributed by atoms with E-state index in [0.29, 0.717) is 12.1 Å². The Kier molecular flexibility index (Phi) is 4.22. The molecule has 0 aromatic carbocycles. The van der Waals surface area contributed by atoms with Gasteiger partial charge in [-0.15, -0.1) is 11.3 Å². The van der Waals surface area contributed by atoms with Crippen LogP contribution in [0.2, 0.25) is 0 Å². The van der Waals surface area contributed by atoms with Crippen molar-refractivity contribution in [3.8, 4) is 0 Å². The maximum Gasteiger partial charge on any atom is 0.275 e. The van der Waals surface area contributed by atoms with E-state index in [1.165, 1.54) is 17.8 Å². The highest BCUT2D eigenvalue weighted by molar-refractivity contribution is 9.11. The third-order valence-corrected chi connectivity index (χ3v) is 4.84. The zero-order chi connectivity index (χ0) is 12.4. The maximum absolute atomic E-state index is 12.1. The molecule has 0 radical (unpaired) electrons. The molecule has 94 valence electrons. The van der Waals surface area contributed by atoms with E-state index < -0.39 is 0 Å². The Morgan fingerprint density at radius 2 is 2.06 bits per heavy atom. The predicted octanol–water partition coefficient (Wildman–Crippen LogP) is 3.42. The summed E-state index contributed by atoms with van der Waals surface area (Å²) in [6.45, 7) is 4.33. The number of carbonyl (C=O) groups excluding carboxylic acids is 1. The zero-order valence-corrected chi connectivity index (χ0v) is 12.5. The topological polar surface area (TPSA) is 32.3 Å². The van der Waals surface area contributed by atoms with Crippen LogP contribution < -0.4 is 5.43 Å². The van der Waals surface area contributed by atoms with Crippen LogP contribution in [0.5, 0.6) is 0 Å². The zero-order valence-electron chi connectivity index (χ0n) is 10.1. The third-order valence-electron chi connectivity index (χ3n) is 3.22. The van der Waals surface area contributed by atoms with Gasteiger partial charge in [0.15, 0.2) is 0 Å². The van der Waals surface area contributed by atoms with E-state index >= 15 is 0 Å². The van der Waals surface area contributed by atoms with E-state index in [2.05, 4.69) is 40.2 Å². The summed E-state index contributed by atoms with van der Waals surface area (Å²) >= 11 is 4.84. The van der Waals surface area contributed by atoms with Crippen molar-refractivity contribution in [3.05, 3.63) is 20.8 Å². The monoisotopic (exact) mass is 316 g/mol. The summed E-state index contributed by atoms with van der Waals surface area (Å²) in [5, 5.41) is 2.10. The van der Waals surface area contributed by atoms with Crippen LogP contribution in [0.15, 0.2) is 15.9 Å². The first-order chi connectivity index (χ1) is 8.08. The van der Waals surface area contributed by atoms with Gasteiger partial charge in [0.25, 0.3) is 5.91 Å². The molecule has 0 bridgehead atoms. The van der Waals surface area contributed by atoms with Crippen LogP contribution in [0, 0.1) is 0 Å². The van der Waals surface area contributed by atoms with Gasteiger partial charge in [0.2, 0.25) is 0 Å². The van der Waals surface area contributed by atoms with Gasteiger partial charge in [-0.3, -0.25) is 10.2 Å². The normalized spacial score (nSPS) is 25.8. The van der Waals surface area contributed by atoms with Crippen LogP contribution in [-0.4, -0.2) is 23.0 Å². The highest BCUT2D eigenvalue weighted by atomic mass is 79.9. The second-order valence-corrected chi connectivity index (χ2v) is 7.04. The van der Waals surface area contributed by atoms with Crippen LogP contribution in [0.4, 0.5) is 0 Å². The smallest absolute Gasteiger partial charge is 0.275 e. The van der Waals surface area contributed by atoms with Crippen LogP contribution in [0.25, 0.3) is 0 Å². The van der Waals surface area contributed by atoms with E-state index in [4.69, 9.17) is 0 Å². The second kappa shape index (κ2) is 5.50. The van der Waals surface area contributed by atoms with Crippen molar-refractivity contribution >= 4 is 33.2 Å². The minimum absolute atomic E-state index is 0.00120. The van der Waals surface area contributed by atoms with Crippen LogP contribution in [0.3, 0.4) is 0 Å². The maximum atomic E-state index is 12.1. The molecule has 5 heteroatoms. The SMILES string of the molecule is CC1CCCC(C)N1NC(=O)c1ccc(Br)s1. The molecule has 1 aromatic rings. The largest absolute Gasteiger partial charge is 0.284 e. The molecule has 1 aliphatic heterocycles. The molecule has 2 heterocycles. The number of halogens is 1.